The highest BCUT2D eigenvalue weighted by atomic mass is 79.9. The maximum atomic E-state index is 15.3. The normalized spacial score (nSPS) is 26.3. The summed E-state index contributed by atoms with van der Waals surface area (Å²) in [7, 11) is 0. The van der Waals surface area contributed by atoms with Gasteiger partial charge in [-0.2, -0.15) is 5.10 Å². The summed E-state index contributed by atoms with van der Waals surface area (Å²) < 4.78 is 105. The number of ether oxygens (including phenoxy) is 2. The molecular formula is C52H56Br2F6N6O2. The molecule has 2 saturated heterocycles. The Bertz CT molecular complexity index is 2670. The molecule has 2 aliphatic carbocycles. The van der Waals surface area contributed by atoms with E-state index >= 15 is 17.6 Å². The van der Waals surface area contributed by atoms with E-state index in [0.717, 1.165) is 84.0 Å². The van der Waals surface area contributed by atoms with Crippen molar-refractivity contribution in [3.63, 3.8) is 0 Å². The lowest BCUT2D eigenvalue weighted by Crippen LogP contribution is -2.47. The van der Waals surface area contributed by atoms with Gasteiger partial charge in [0.2, 0.25) is 0 Å². The molecule has 362 valence electrons. The smallest absolute Gasteiger partial charge is 0.150 e. The van der Waals surface area contributed by atoms with Crippen molar-refractivity contribution in [1.29, 1.82) is 5.41 Å². The van der Waals surface area contributed by atoms with Crippen molar-refractivity contribution in [2.24, 2.45) is 0 Å². The molecule has 2 unspecified atom stereocenters. The van der Waals surface area contributed by atoms with Crippen LogP contribution in [0.1, 0.15) is 135 Å². The second-order valence-corrected chi connectivity index (χ2v) is 21.7. The molecule has 0 spiro atoms. The van der Waals surface area contributed by atoms with Gasteiger partial charge in [-0.3, -0.25) is 9.80 Å². The highest BCUT2D eigenvalue weighted by molar-refractivity contribution is 9.10. The Labute approximate surface area is 409 Å². The monoisotopic (exact) mass is 1070 g/mol. The van der Waals surface area contributed by atoms with E-state index in [1.54, 1.807) is 0 Å². The first-order valence-corrected chi connectivity index (χ1v) is 25.6. The summed E-state index contributed by atoms with van der Waals surface area (Å²) in [6.45, 7) is 5.70. The van der Waals surface area contributed by atoms with Gasteiger partial charge in [0.15, 0.2) is 0 Å². The summed E-state index contributed by atoms with van der Waals surface area (Å²) >= 11 is 6.35. The van der Waals surface area contributed by atoms with Gasteiger partial charge in [0.05, 0.1) is 17.6 Å². The summed E-state index contributed by atoms with van der Waals surface area (Å²) in [6.07, 6.45) is 12.3. The number of nitrogens with one attached hydrogen (secondary N) is 2. The number of halogens is 8. The van der Waals surface area contributed by atoms with Crippen LogP contribution in [0.2, 0.25) is 0 Å². The number of hydrogen-bond donors (Lipinski definition) is 2. The maximum Gasteiger partial charge on any atom is 0.150 e. The van der Waals surface area contributed by atoms with Crippen molar-refractivity contribution in [3.8, 4) is 0 Å². The first-order valence-electron chi connectivity index (χ1n) is 24.0. The number of anilines is 1. The van der Waals surface area contributed by atoms with Gasteiger partial charge in [-0.15, -0.1) is 0 Å². The van der Waals surface area contributed by atoms with Gasteiger partial charge in [-0.05, 0) is 150 Å². The molecule has 0 bridgehead atoms. The molecule has 4 fully saturated rings. The Morgan fingerprint density at radius 1 is 0.721 bits per heavy atom. The summed E-state index contributed by atoms with van der Waals surface area (Å²) in [5.41, 5.74) is 3.06. The lowest BCUT2D eigenvalue weighted by Gasteiger charge is -2.44. The summed E-state index contributed by atoms with van der Waals surface area (Å²) in [5.74, 6) is -2.59. The van der Waals surface area contributed by atoms with Crippen LogP contribution >= 0.6 is 31.9 Å². The second kappa shape index (κ2) is 19.1. The minimum atomic E-state index is -1.31. The molecule has 16 heteroatoms. The fourth-order valence-electron chi connectivity index (χ4n) is 10.9. The van der Waals surface area contributed by atoms with Crippen molar-refractivity contribution < 1.29 is 35.8 Å². The Balaban J connectivity index is 0.000000159. The zero-order chi connectivity index (χ0) is 47.6. The van der Waals surface area contributed by atoms with Crippen molar-refractivity contribution >= 4 is 54.7 Å². The van der Waals surface area contributed by atoms with Crippen molar-refractivity contribution in [2.75, 3.05) is 31.6 Å². The quantitative estimate of drug-likeness (QED) is 0.107. The van der Waals surface area contributed by atoms with Crippen LogP contribution in [0.3, 0.4) is 0 Å². The number of alkyl halides is 2. The minimum Gasteiger partial charge on any atom is -0.360 e. The van der Waals surface area contributed by atoms with E-state index in [1.165, 1.54) is 30.5 Å². The van der Waals surface area contributed by atoms with Gasteiger partial charge >= 0.3 is 0 Å². The van der Waals surface area contributed by atoms with E-state index in [9.17, 15) is 8.78 Å². The van der Waals surface area contributed by atoms with Crippen LogP contribution in [0, 0.1) is 28.7 Å². The molecule has 0 amide bonds. The molecule has 0 radical (unpaired) electrons. The van der Waals surface area contributed by atoms with Gasteiger partial charge < -0.3 is 20.2 Å². The van der Waals surface area contributed by atoms with Crippen LogP contribution in [-0.2, 0) is 22.3 Å². The number of hydrogen-bond acceptors (Lipinski definition) is 7. The van der Waals surface area contributed by atoms with Crippen molar-refractivity contribution in [1.82, 2.24) is 19.6 Å². The third kappa shape index (κ3) is 9.55. The molecular weight excluding hydrogens is 1010 g/mol. The zero-order valence-electron chi connectivity index (χ0n) is 38.2. The Kier molecular flexibility index (Phi) is 13.4. The lowest BCUT2D eigenvalue weighted by molar-refractivity contribution is -0.0390. The Morgan fingerprint density at radius 2 is 1.24 bits per heavy atom. The second-order valence-electron chi connectivity index (χ2n) is 19.9. The predicted octanol–water partition coefficient (Wildman–Crippen LogP) is 13.1. The average Bonchev–Trinajstić information content (AvgIpc) is 4.18. The standard InChI is InChI=1S/C26H27BrF3N3O.C26H29BrF3N3O/c1-15-10-18-17(5-6-22-19(18)13-33(31-22)23-4-2-3-9-34-23)25(32(15)14-26(30)7-8-26)24-20(28)11-16(27)12-21(24)29;1-15-10-18-17(5-6-22(19(18)13-31)32-23-4-2-3-9-34-23)25(33(15)14-26(30)7-8-26)24-20(28)11-16(27)12-21(24)29/h5-6,11-13,15,23,25H,2-4,7-10,14H2,1H3;5-6,11-13,15,23,25,31-32H,2-4,7-10,14H2,1H3/t2*15-,23?,25+/m11/s1. The number of rotatable bonds is 10. The topological polar surface area (TPSA) is 78.6 Å². The lowest BCUT2D eigenvalue weighted by atomic mass is 9.81. The first kappa shape index (κ1) is 47.9. The average molecular weight is 1070 g/mol. The molecule has 1 aromatic heterocycles. The maximum absolute atomic E-state index is 15.3. The molecule has 5 heterocycles. The Morgan fingerprint density at radius 3 is 1.74 bits per heavy atom. The number of nitrogens with zero attached hydrogens (tertiary/aromatic N) is 4. The molecule has 8 nitrogen and oxygen atoms in total. The molecule has 6 atom stereocenters. The molecule has 2 N–H and O–H groups in total. The van der Waals surface area contributed by atoms with E-state index in [-0.39, 0.29) is 48.8 Å². The summed E-state index contributed by atoms with van der Waals surface area (Å²) in [6, 6.07) is 10.9. The van der Waals surface area contributed by atoms with Gasteiger partial charge in [-0.1, -0.05) is 44.0 Å². The third-order valence-corrected chi connectivity index (χ3v) is 15.8. The third-order valence-electron chi connectivity index (χ3n) is 14.9. The minimum absolute atomic E-state index is 0.0254. The van der Waals surface area contributed by atoms with Gasteiger partial charge in [0.1, 0.15) is 47.1 Å². The van der Waals surface area contributed by atoms with E-state index in [2.05, 4.69) is 37.2 Å². The zero-order valence-corrected chi connectivity index (χ0v) is 41.4. The fraction of sp³-hybridized carbons (Fsp3) is 0.500. The number of benzene rings is 4. The Hall–Kier alpha value is -3.80. The fourth-order valence-corrected chi connectivity index (χ4v) is 11.7. The number of fused-ring (bicyclic) bond motifs is 4. The van der Waals surface area contributed by atoms with Crippen LogP contribution in [0.5, 0.6) is 0 Å². The van der Waals surface area contributed by atoms with Crippen LogP contribution in [0.25, 0.3) is 10.9 Å². The SMILES string of the molecule is C[C@@H]1Cc2c(ccc(NC3CCCCO3)c2C=N)[C@@H](c2c(F)cc(Br)cc2F)N1CC1(F)CC1.C[C@@H]1Cc2c(ccc3nn(C4CCCCO4)cc23)[C@@H](c2c(F)cc(Br)cc2F)N1CC1(F)CC1. The van der Waals surface area contributed by atoms with Gasteiger partial charge in [-0.25, -0.2) is 31.0 Å². The van der Waals surface area contributed by atoms with Gasteiger partial charge in [0.25, 0.3) is 0 Å². The van der Waals surface area contributed by atoms with E-state index in [1.807, 2.05) is 58.8 Å². The largest absolute Gasteiger partial charge is 0.360 e. The van der Waals surface area contributed by atoms with E-state index in [4.69, 9.17) is 20.0 Å². The molecule has 68 heavy (non-hydrogen) atoms. The van der Waals surface area contributed by atoms with Gasteiger partial charge in [0, 0.05) is 87.5 Å². The summed E-state index contributed by atoms with van der Waals surface area (Å²) in [4.78, 5) is 3.85. The predicted molar refractivity (Wildman–Crippen MR) is 258 cm³/mol. The molecule has 11 rings (SSSR count). The van der Waals surface area contributed by atoms with Crippen molar-refractivity contribution in [3.05, 3.63) is 126 Å². The van der Waals surface area contributed by atoms with Crippen molar-refractivity contribution in [2.45, 2.75) is 139 Å². The van der Waals surface area contributed by atoms with Crippen LogP contribution in [-0.4, -0.2) is 81.7 Å². The molecule has 4 aromatic carbocycles. The molecule has 4 aliphatic heterocycles. The molecule has 5 aromatic rings. The van der Waals surface area contributed by atoms with Crippen LogP contribution < -0.4 is 5.32 Å². The first-order chi connectivity index (χ1) is 32.6. The van der Waals surface area contributed by atoms with E-state index < -0.39 is 46.7 Å². The molecule has 6 aliphatic rings. The van der Waals surface area contributed by atoms with Crippen LogP contribution in [0.15, 0.2) is 63.7 Å². The van der Waals surface area contributed by atoms with Crippen LogP contribution in [0.4, 0.5) is 32.0 Å². The number of aromatic nitrogens is 2. The molecule has 2 saturated carbocycles. The highest BCUT2D eigenvalue weighted by Crippen LogP contribution is 2.50. The highest BCUT2D eigenvalue weighted by Gasteiger charge is 2.50. The van der Waals surface area contributed by atoms with E-state index in [0.29, 0.717) is 59.6 Å². The summed E-state index contributed by atoms with van der Waals surface area (Å²) in [5, 5.41) is 17.3.